The second kappa shape index (κ2) is 7.56. The number of amides is 1. The molecule has 0 aliphatic carbocycles. The number of halogens is 2. The Morgan fingerprint density at radius 3 is 2.12 bits per heavy atom. The fourth-order valence-corrected chi connectivity index (χ4v) is 2.84. The lowest BCUT2D eigenvalue weighted by molar-refractivity contribution is 0.0696. The molecule has 0 radical (unpaired) electrons. The summed E-state index contributed by atoms with van der Waals surface area (Å²) in [6.07, 6.45) is 0. The van der Waals surface area contributed by atoms with Crippen molar-refractivity contribution in [2.45, 2.75) is 33.3 Å². The number of aromatic carboxylic acids is 1. The van der Waals surface area contributed by atoms with Crippen molar-refractivity contribution in [3.05, 3.63) is 57.1 Å². The lowest BCUT2D eigenvalue weighted by atomic mass is 10.1. The lowest BCUT2D eigenvalue weighted by Gasteiger charge is -2.23. The Morgan fingerprint density at radius 2 is 1.65 bits per heavy atom. The van der Waals surface area contributed by atoms with Crippen LogP contribution in [-0.2, 0) is 0 Å². The minimum atomic E-state index is -1.02. The third-order valence-corrected chi connectivity index (χ3v) is 3.94. The Bertz CT molecular complexity index is 849. The molecular formula is C19H19Cl2NO4. The second-order valence-electron chi connectivity index (χ2n) is 6.77. The van der Waals surface area contributed by atoms with Gasteiger partial charge in [0.15, 0.2) is 5.75 Å². The van der Waals surface area contributed by atoms with Crippen molar-refractivity contribution in [2.75, 3.05) is 5.32 Å². The van der Waals surface area contributed by atoms with Crippen LogP contribution < -0.4 is 10.1 Å². The summed E-state index contributed by atoms with van der Waals surface area (Å²) in [7, 11) is 0. The monoisotopic (exact) mass is 395 g/mol. The van der Waals surface area contributed by atoms with Crippen LogP contribution in [0.25, 0.3) is 0 Å². The molecule has 1 amide bonds. The normalized spacial score (nSPS) is 11.2. The smallest absolute Gasteiger partial charge is 0.335 e. The van der Waals surface area contributed by atoms with E-state index in [0.29, 0.717) is 17.0 Å². The topological polar surface area (TPSA) is 75.6 Å². The van der Waals surface area contributed by atoms with Gasteiger partial charge in [-0.2, -0.15) is 0 Å². The predicted octanol–water partition coefficient (Wildman–Crippen LogP) is 5.43. The van der Waals surface area contributed by atoms with Gasteiger partial charge < -0.3 is 15.2 Å². The van der Waals surface area contributed by atoms with E-state index < -0.39 is 17.5 Å². The van der Waals surface area contributed by atoms with E-state index in [1.165, 1.54) is 24.3 Å². The standard InChI is InChI=1S/C19H19Cl2NO4/c1-10-7-12(5-6-13(10)18(24)25)22-17(23)11-8-14(20)16(15(21)9-11)26-19(2,3)4/h5-9H,1-4H3,(H,22,23)(H,24,25). The number of carbonyl (C=O) groups is 2. The van der Waals surface area contributed by atoms with Gasteiger partial charge in [0.1, 0.15) is 5.60 Å². The number of hydrogen-bond donors (Lipinski definition) is 2. The van der Waals surface area contributed by atoms with E-state index in [-0.39, 0.29) is 21.2 Å². The molecule has 0 saturated carbocycles. The number of carbonyl (C=O) groups excluding carboxylic acids is 1. The van der Waals surface area contributed by atoms with Crippen LogP contribution in [0.5, 0.6) is 5.75 Å². The molecule has 0 aliphatic heterocycles. The zero-order valence-electron chi connectivity index (χ0n) is 14.8. The largest absolute Gasteiger partial charge is 0.485 e. The van der Waals surface area contributed by atoms with Crippen molar-refractivity contribution in [1.82, 2.24) is 0 Å². The first-order valence-electron chi connectivity index (χ1n) is 7.81. The molecule has 0 saturated heterocycles. The maximum Gasteiger partial charge on any atom is 0.335 e. The summed E-state index contributed by atoms with van der Waals surface area (Å²) < 4.78 is 5.72. The number of benzene rings is 2. The first-order valence-corrected chi connectivity index (χ1v) is 8.57. The molecule has 2 N–H and O–H groups in total. The van der Waals surface area contributed by atoms with Gasteiger partial charge >= 0.3 is 5.97 Å². The molecule has 0 fully saturated rings. The summed E-state index contributed by atoms with van der Waals surface area (Å²) in [6, 6.07) is 7.49. The molecule has 138 valence electrons. The number of carboxylic acids is 1. The molecule has 0 atom stereocenters. The van der Waals surface area contributed by atoms with E-state index in [0.717, 1.165) is 0 Å². The molecule has 0 spiro atoms. The molecule has 2 aromatic carbocycles. The molecule has 26 heavy (non-hydrogen) atoms. The van der Waals surface area contributed by atoms with Crippen LogP contribution in [0.15, 0.2) is 30.3 Å². The van der Waals surface area contributed by atoms with E-state index in [2.05, 4.69) is 5.32 Å². The molecule has 2 rings (SSSR count). The molecule has 0 aromatic heterocycles. The summed E-state index contributed by atoms with van der Waals surface area (Å²) in [4.78, 5) is 23.5. The van der Waals surface area contributed by atoms with E-state index >= 15 is 0 Å². The van der Waals surface area contributed by atoms with Crippen LogP contribution in [0.1, 0.15) is 47.1 Å². The third kappa shape index (κ3) is 4.90. The number of nitrogens with one attached hydrogen (secondary N) is 1. The van der Waals surface area contributed by atoms with Crippen LogP contribution in [0.2, 0.25) is 10.0 Å². The Labute approximate surface area is 161 Å². The number of carboxylic acid groups (broad SMARTS) is 1. The van der Waals surface area contributed by atoms with Crippen LogP contribution in [0.3, 0.4) is 0 Å². The molecule has 7 heteroatoms. The number of rotatable bonds is 4. The van der Waals surface area contributed by atoms with Gasteiger partial charge in [-0.05, 0) is 63.6 Å². The highest BCUT2D eigenvalue weighted by atomic mass is 35.5. The molecular weight excluding hydrogens is 377 g/mol. The summed E-state index contributed by atoms with van der Waals surface area (Å²) in [6.45, 7) is 7.25. The van der Waals surface area contributed by atoms with Gasteiger partial charge in [-0.3, -0.25) is 4.79 Å². The van der Waals surface area contributed by atoms with Crippen molar-refractivity contribution in [1.29, 1.82) is 0 Å². The van der Waals surface area contributed by atoms with Crippen LogP contribution in [0.4, 0.5) is 5.69 Å². The molecule has 0 unspecified atom stereocenters. The first-order chi connectivity index (χ1) is 12.0. The SMILES string of the molecule is Cc1cc(NC(=O)c2cc(Cl)c(OC(C)(C)C)c(Cl)c2)ccc1C(=O)O. The van der Waals surface area contributed by atoms with Gasteiger partial charge in [-0.15, -0.1) is 0 Å². The van der Waals surface area contributed by atoms with Gasteiger partial charge in [0.05, 0.1) is 15.6 Å². The third-order valence-electron chi connectivity index (χ3n) is 3.38. The van der Waals surface area contributed by atoms with Gasteiger partial charge in [-0.25, -0.2) is 4.79 Å². The molecule has 0 bridgehead atoms. The van der Waals surface area contributed by atoms with Gasteiger partial charge in [0, 0.05) is 11.3 Å². The zero-order chi connectivity index (χ0) is 19.6. The quantitative estimate of drug-likeness (QED) is 0.723. The maximum atomic E-state index is 12.5. The van der Waals surface area contributed by atoms with E-state index in [4.69, 9.17) is 33.0 Å². The number of ether oxygens (including phenoxy) is 1. The van der Waals surface area contributed by atoms with Crippen molar-refractivity contribution in [3.8, 4) is 5.75 Å². The van der Waals surface area contributed by atoms with Gasteiger partial charge in [0.2, 0.25) is 0 Å². The summed E-state index contributed by atoms with van der Waals surface area (Å²) >= 11 is 12.4. The average molecular weight is 396 g/mol. The van der Waals surface area contributed by atoms with Crippen molar-refractivity contribution in [2.24, 2.45) is 0 Å². The lowest BCUT2D eigenvalue weighted by Crippen LogP contribution is -2.23. The van der Waals surface area contributed by atoms with Crippen molar-refractivity contribution in [3.63, 3.8) is 0 Å². The van der Waals surface area contributed by atoms with Crippen LogP contribution in [-0.4, -0.2) is 22.6 Å². The number of aryl methyl sites for hydroxylation is 1. The summed E-state index contributed by atoms with van der Waals surface area (Å²) in [5.41, 5.74) is 0.972. The first kappa shape index (κ1) is 20.1. The van der Waals surface area contributed by atoms with Crippen LogP contribution in [0, 0.1) is 6.92 Å². The van der Waals surface area contributed by atoms with Gasteiger partial charge in [0.25, 0.3) is 5.91 Å². The second-order valence-corrected chi connectivity index (χ2v) is 7.59. The number of anilines is 1. The number of hydrogen-bond acceptors (Lipinski definition) is 3. The Balaban J connectivity index is 2.25. The fourth-order valence-electron chi connectivity index (χ4n) is 2.28. The van der Waals surface area contributed by atoms with Crippen molar-refractivity contribution < 1.29 is 19.4 Å². The van der Waals surface area contributed by atoms with Crippen molar-refractivity contribution >= 4 is 40.8 Å². The Hall–Kier alpha value is -2.24. The summed E-state index contributed by atoms with van der Waals surface area (Å²) in [5.74, 6) is -1.12. The van der Waals surface area contributed by atoms with Gasteiger partial charge in [-0.1, -0.05) is 23.2 Å². The summed E-state index contributed by atoms with van der Waals surface area (Å²) in [5, 5.41) is 12.2. The minimum Gasteiger partial charge on any atom is -0.485 e. The highest BCUT2D eigenvalue weighted by molar-refractivity contribution is 6.37. The average Bonchev–Trinajstić information content (AvgIpc) is 2.49. The minimum absolute atomic E-state index is 0.178. The Kier molecular flexibility index (Phi) is 5.84. The van der Waals surface area contributed by atoms with E-state index in [1.54, 1.807) is 13.0 Å². The highest BCUT2D eigenvalue weighted by Crippen LogP contribution is 2.36. The van der Waals surface area contributed by atoms with E-state index in [1.807, 2.05) is 20.8 Å². The molecule has 5 nitrogen and oxygen atoms in total. The fraction of sp³-hybridized carbons (Fsp3) is 0.263. The molecule has 2 aromatic rings. The molecule has 0 heterocycles. The zero-order valence-corrected chi connectivity index (χ0v) is 16.3. The highest BCUT2D eigenvalue weighted by Gasteiger charge is 2.20. The Morgan fingerprint density at radius 1 is 1.08 bits per heavy atom. The van der Waals surface area contributed by atoms with Crippen LogP contribution >= 0.6 is 23.2 Å². The van der Waals surface area contributed by atoms with E-state index in [9.17, 15) is 9.59 Å². The maximum absolute atomic E-state index is 12.5. The predicted molar refractivity (Wildman–Crippen MR) is 103 cm³/mol. The molecule has 0 aliphatic rings.